The fraction of sp³-hybridized carbons (Fsp3) is 0.308. The molecule has 0 N–H and O–H groups in total. The van der Waals surface area contributed by atoms with Gasteiger partial charge in [-0.05, 0) is 47.7 Å². The second kappa shape index (κ2) is 6.32. The maximum absolute atomic E-state index is 11.5. The molecule has 1 aromatic carbocycles. The SMILES string of the molecule is COC(=O)C(=Cc1cc(Cl)c2c(c1)CCCO2)N=[N+]=[N-]. The number of esters is 1. The zero-order chi connectivity index (χ0) is 14.5. The fourth-order valence-electron chi connectivity index (χ4n) is 1.98. The standard InChI is InChI=1S/C13H12ClN3O3/c1-19-13(18)11(16-17-15)7-8-5-9-3-2-4-20-12(9)10(14)6-8/h5-7H,2-4H2,1H3. The number of carbonyl (C=O) groups excluding carboxylic acids is 1. The number of azide groups is 1. The zero-order valence-corrected chi connectivity index (χ0v) is 11.6. The molecule has 0 saturated carbocycles. The van der Waals surface area contributed by atoms with Crippen molar-refractivity contribution in [2.24, 2.45) is 5.11 Å². The number of nitrogens with zero attached hydrogens (tertiary/aromatic N) is 3. The lowest BCUT2D eigenvalue weighted by atomic mass is 10.0. The molecule has 2 rings (SSSR count). The average molecular weight is 294 g/mol. The number of methoxy groups -OCH3 is 1. The summed E-state index contributed by atoms with van der Waals surface area (Å²) < 4.78 is 10.1. The molecule has 0 aromatic heterocycles. The molecule has 0 radical (unpaired) electrons. The van der Waals surface area contributed by atoms with Gasteiger partial charge in [0, 0.05) is 4.91 Å². The van der Waals surface area contributed by atoms with E-state index in [-0.39, 0.29) is 5.70 Å². The van der Waals surface area contributed by atoms with Crippen LogP contribution in [0.4, 0.5) is 0 Å². The molecule has 0 bridgehead atoms. The van der Waals surface area contributed by atoms with Crippen LogP contribution in [0.3, 0.4) is 0 Å². The number of benzene rings is 1. The van der Waals surface area contributed by atoms with Crippen LogP contribution in [-0.2, 0) is 16.0 Å². The summed E-state index contributed by atoms with van der Waals surface area (Å²) in [6.07, 6.45) is 3.20. The highest BCUT2D eigenvalue weighted by Crippen LogP contribution is 2.34. The summed E-state index contributed by atoms with van der Waals surface area (Å²) in [6.45, 7) is 0.647. The van der Waals surface area contributed by atoms with Crippen molar-refractivity contribution in [3.05, 3.63) is 44.4 Å². The van der Waals surface area contributed by atoms with Gasteiger partial charge in [0.2, 0.25) is 0 Å². The van der Waals surface area contributed by atoms with Crippen molar-refractivity contribution in [2.75, 3.05) is 13.7 Å². The van der Waals surface area contributed by atoms with Crippen LogP contribution in [-0.4, -0.2) is 19.7 Å². The first-order valence-corrected chi connectivity index (χ1v) is 6.34. The molecule has 0 unspecified atom stereocenters. The number of ether oxygens (including phenoxy) is 2. The van der Waals surface area contributed by atoms with Crippen LogP contribution >= 0.6 is 11.6 Å². The normalized spacial score (nSPS) is 13.8. The smallest absolute Gasteiger partial charge is 0.340 e. The third-order valence-corrected chi connectivity index (χ3v) is 3.11. The lowest BCUT2D eigenvalue weighted by molar-refractivity contribution is -0.136. The molecule has 0 saturated heterocycles. The maximum atomic E-state index is 11.5. The van der Waals surface area contributed by atoms with Crippen molar-refractivity contribution in [3.63, 3.8) is 0 Å². The highest BCUT2D eigenvalue weighted by atomic mass is 35.5. The number of aryl methyl sites for hydroxylation is 1. The number of halogens is 1. The van der Waals surface area contributed by atoms with Gasteiger partial charge in [0.05, 0.1) is 18.7 Å². The van der Waals surface area contributed by atoms with Crippen molar-refractivity contribution >= 4 is 23.6 Å². The lowest BCUT2D eigenvalue weighted by Crippen LogP contribution is -2.09. The van der Waals surface area contributed by atoms with Gasteiger partial charge in [-0.1, -0.05) is 16.7 Å². The van der Waals surface area contributed by atoms with Crippen LogP contribution < -0.4 is 4.74 Å². The minimum absolute atomic E-state index is 0.122. The van der Waals surface area contributed by atoms with E-state index in [0.29, 0.717) is 22.9 Å². The maximum Gasteiger partial charge on any atom is 0.340 e. The van der Waals surface area contributed by atoms with Gasteiger partial charge in [-0.15, -0.1) is 0 Å². The Balaban J connectivity index is 2.44. The molecule has 104 valence electrons. The molecule has 0 fully saturated rings. The second-order valence-corrected chi connectivity index (χ2v) is 4.56. The van der Waals surface area contributed by atoms with Crippen LogP contribution in [0.25, 0.3) is 16.5 Å². The third-order valence-electron chi connectivity index (χ3n) is 2.83. The molecular formula is C13H12ClN3O3. The van der Waals surface area contributed by atoms with Gasteiger partial charge in [-0.2, -0.15) is 0 Å². The van der Waals surface area contributed by atoms with Crippen LogP contribution in [0.1, 0.15) is 17.5 Å². The van der Waals surface area contributed by atoms with E-state index in [1.165, 1.54) is 13.2 Å². The predicted octanol–water partition coefficient (Wildman–Crippen LogP) is 3.49. The number of hydrogen-bond donors (Lipinski definition) is 0. The molecule has 0 atom stereocenters. The zero-order valence-electron chi connectivity index (χ0n) is 10.8. The third kappa shape index (κ3) is 3.04. The number of hydrogen-bond acceptors (Lipinski definition) is 4. The Morgan fingerprint density at radius 2 is 2.40 bits per heavy atom. The number of carbonyl (C=O) groups is 1. The predicted molar refractivity (Wildman–Crippen MR) is 74.4 cm³/mol. The number of fused-ring (bicyclic) bond motifs is 1. The van der Waals surface area contributed by atoms with E-state index in [2.05, 4.69) is 14.8 Å². The van der Waals surface area contributed by atoms with Crippen molar-refractivity contribution in [1.82, 2.24) is 0 Å². The molecule has 1 aliphatic heterocycles. The van der Waals surface area contributed by atoms with Crippen LogP contribution in [0, 0.1) is 0 Å². The van der Waals surface area contributed by atoms with E-state index in [9.17, 15) is 4.79 Å². The molecule has 0 amide bonds. The number of rotatable bonds is 3. The Morgan fingerprint density at radius 3 is 3.10 bits per heavy atom. The summed E-state index contributed by atoms with van der Waals surface area (Å²) in [6, 6.07) is 3.51. The Bertz CT molecular complexity index is 622. The highest BCUT2D eigenvalue weighted by Gasteiger charge is 2.15. The summed E-state index contributed by atoms with van der Waals surface area (Å²) in [5.41, 5.74) is 9.98. The van der Waals surface area contributed by atoms with Crippen molar-refractivity contribution in [1.29, 1.82) is 0 Å². The van der Waals surface area contributed by atoms with Crippen LogP contribution in [0.2, 0.25) is 5.02 Å². The largest absolute Gasteiger partial charge is 0.492 e. The van der Waals surface area contributed by atoms with E-state index in [1.54, 1.807) is 6.07 Å². The van der Waals surface area contributed by atoms with Crippen molar-refractivity contribution in [2.45, 2.75) is 12.8 Å². The van der Waals surface area contributed by atoms with Crippen molar-refractivity contribution < 1.29 is 14.3 Å². The summed E-state index contributed by atoms with van der Waals surface area (Å²) in [5.74, 6) is -0.0219. The molecule has 0 spiro atoms. The molecular weight excluding hydrogens is 282 g/mol. The van der Waals surface area contributed by atoms with E-state index in [0.717, 1.165) is 18.4 Å². The molecule has 6 nitrogen and oxygen atoms in total. The first-order chi connectivity index (χ1) is 9.65. The molecule has 20 heavy (non-hydrogen) atoms. The van der Waals surface area contributed by atoms with Crippen LogP contribution in [0.15, 0.2) is 22.9 Å². The van der Waals surface area contributed by atoms with Gasteiger partial charge >= 0.3 is 5.97 Å². The highest BCUT2D eigenvalue weighted by molar-refractivity contribution is 6.32. The van der Waals surface area contributed by atoms with Gasteiger partial charge in [0.25, 0.3) is 0 Å². The summed E-state index contributed by atoms with van der Waals surface area (Å²) >= 11 is 6.15. The quantitative estimate of drug-likeness (QED) is 0.281. The average Bonchev–Trinajstić information content (AvgIpc) is 2.46. The Hall–Kier alpha value is -2.17. The van der Waals surface area contributed by atoms with Gasteiger partial charge in [-0.25, -0.2) is 4.79 Å². The van der Waals surface area contributed by atoms with E-state index in [4.69, 9.17) is 21.9 Å². The second-order valence-electron chi connectivity index (χ2n) is 4.15. The van der Waals surface area contributed by atoms with Crippen LogP contribution in [0.5, 0.6) is 5.75 Å². The van der Waals surface area contributed by atoms with E-state index < -0.39 is 5.97 Å². The molecule has 1 aromatic rings. The Labute approximate surface area is 120 Å². The Morgan fingerprint density at radius 1 is 1.60 bits per heavy atom. The van der Waals surface area contributed by atoms with Gasteiger partial charge in [0.15, 0.2) is 0 Å². The molecule has 0 aliphatic carbocycles. The first kappa shape index (κ1) is 14.2. The van der Waals surface area contributed by atoms with Gasteiger partial charge < -0.3 is 9.47 Å². The fourth-order valence-corrected chi connectivity index (χ4v) is 2.28. The molecule has 7 heteroatoms. The summed E-state index contributed by atoms with van der Waals surface area (Å²) in [4.78, 5) is 14.1. The molecule has 1 aliphatic rings. The van der Waals surface area contributed by atoms with Gasteiger partial charge in [0.1, 0.15) is 11.4 Å². The van der Waals surface area contributed by atoms with E-state index in [1.807, 2.05) is 6.07 Å². The minimum Gasteiger partial charge on any atom is -0.492 e. The summed E-state index contributed by atoms with van der Waals surface area (Å²) in [7, 11) is 1.22. The minimum atomic E-state index is -0.701. The first-order valence-electron chi connectivity index (χ1n) is 5.96. The van der Waals surface area contributed by atoms with Gasteiger partial charge in [-0.3, -0.25) is 0 Å². The monoisotopic (exact) mass is 293 g/mol. The summed E-state index contributed by atoms with van der Waals surface area (Å²) in [5, 5.41) is 3.80. The lowest BCUT2D eigenvalue weighted by Gasteiger charge is -2.19. The topological polar surface area (TPSA) is 84.3 Å². The van der Waals surface area contributed by atoms with Crippen molar-refractivity contribution in [3.8, 4) is 5.75 Å². The molecule has 1 heterocycles. The Kier molecular flexibility index (Phi) is 4.50. The van der Waals surface area contributed by atoms with E-state index >= 15 is 0 Å².